The highest BCUT2D eigenvalue weighted by Gasteiger charge is 2.24. The SMILES string of the molecule is CCCCn1c(N)c(N(C)C(=O)c2ccc(-c3ccccc3Cl)o2)c(=O)[nH]c1=O. The zero-order chi connectivity index (χ0) is 21.1. The van der Waals surface area contributed by atoms with Gasteiger partial charge in [-0.25, -0.2) is 4.79 Å². The Balaban J connectivity index is 1.96. The van der Waals surface area contributed by atoms with Gasteiger partial charge >= 0.3 is 5.69 Å². The summed E-state index contributed by atoms with van der Waals surface area (Å²) < 4.78 is 6.91. The van der Waals surface area contributed by atoms with E-state index in [4.69, 9.17) is 21.8 Å². The van der Waals surface area contributed by atoms with Crippen LogP contribution in [0.25, 0.3) is 11.3 Å². The molecule has 0 bridgehead atoms. The lowest BCUT2D eigenvalue weighted by molar-refractivity contribution is 0.0967. The molecule has 3 aromatic rings. The van der Waals surface area contributed by atoms with E-state index in [9.17, 15) is 14.4 Å². The zero-order valence-electron chi connectivity index (χ0n) is 16.1. The number of nitrogens with one attached hydrogen (secondary N) is 1. The molecule has 1 aromatic carbocycles. The van der Waals surface area contributed by atoms with Crippen LogP contribution in [0.2, 0.25) is 5.02 Å². The van der Waals surface area contributed by atoms with Crippen LogP contribution in [0.5, 0.6) is 0 Å². The minimum absolute atomic E-state index is 0.00697. The van der Waals surface area contributed by atoms with Crippen molar-refractivity contribution < 1.29 is 9.21 Å². The number of carbonyl (C=O) groups excluding carboxylic acids is 1. The highest BCUT2D eigenvalue weighted by molar-refractivity contribution is 6.33. The maximum atomic E-state index is 12.9. The van der Waals surface area contributed by atoms with Crippen molar-refractivity contribution in [2.45, 2.75) is 26.3 Å². The number of nitrogens with zero attached hydrogens (tertiary/aromatic N) is 2. The van der Waals surface area contributed by atoms with Crippen molar-refractivity contribution in [1.82, 2.24) is 9.55 Å². The molecular formula is C20H21ClN4O4. The third kappa shape index (κ3) is 3.97. The van der Waals surface area contributed by atoms with E-state index in [2.05, 4.69) is 4.98 Å². The van der Waals surface area contributed by atoms with Crippen LogP contribution in [0.3, 0.4) is 0 Å². The van der Waals surface area contributed by atoms with E-state index in [-0.39, 0.29) is 17.3 Å². The summed E-state index contributed by atoms with van der Waals surface area (Å²) >= 11 is 6.17. The molecule has 0 radical (unpaired) electrons. The van der Waals surface area contributed by atoms with Crippen molar-refractivity contribution >= 4 is 29.0 Å². The van der Waals surface area contributed by atoms with Crippen LogP contribution < -0.4 is 21.9 Å². The number of rotatable bonds is 6. The van der Waals surface area contributed by atoms with Gasteiger partial charge in [-0.05, 0) is 30.7 Å². The van der Waals surface area contributed by atoms with Gasteiger partial charge in [-0.2, -0.15) is 0 Å². The minimum Gasteiger partial charge on any atom is -0.451 e. The molecule has 0 atom stereocenters. The van der Waals surface area contributed by atoms with Crippen molar-refractivity contribution in [2.24, 2.45) is 0 Å². The molecule has 0 spiro atoms. The number of aromatic amines is 1. The van der Waals surface area contributed by atoms with Crippen LogP contribution >= 0.6 is 11.6 Å². The minimum atomic E-state index is -0.742. The molecule has 2 heterocycles. The predicted molar refractivity (Wildman–Crippen MR) is 113 cm³/mol. The fourth-order valence-corrected chi connectivity index (χ4v) is 3.19. The first-order chi connectivity index (χ1) is 13.8. The average molecular weight is 417 g/mol. The highest BCUT2D eigenvalue weighted by Crippen LogP contribution is 2.29. The van der Waals surface area contributed by atoms with E-state index < -0.39 is 17.2 Å². The Bertz CT molecular complexity index is 1160. The first-order valence-electron chi connectivity index (χ1n) is 9.10. The number of hydrogen-bond donors (Lipinski definition) is 2. The number of H-pyrrole nitrogens is 1. The topological polar surface area (TPSA) is 114 Å². The van der Waals surface area contributed by atoms with Gasteiger partial charge in [0, 0.05) is 19.2 Å². The molecule has 2 aromatic heterocycles. The Morgan fingerprint density at radius 2 is 1.97 bits per heavy atom. The third-order valence-corrected chi connectivity index (χ3v) is 4.88. The third-order valence-electron chi connectivity index (χ3n) is 4.55. The standard InChI is InChI=1S/C20H21ClN4O4/c1-3-4-11-25-17(22)16(18(26)23-20(25)28)24(2)19(27)15-10-9-14(29-15)12-7-5-6-8-13(12)21/h5-10H,3-4,11,22H2,1-2H3,(H,23,26,28). The average Bonchev–Trinajstić information content (AvgIpc) is 3.17. The van der Waals surface area contributed by atoms with Crippen molar-refractivity contribution in [3.8, 4) is 11.3 Å². The maximum Gasteiger partial charge on any atom is 0.330 e. The Labute approximate surface area is 171 Å². The second-order valence-electron chi connectivity index (χ2n) is 6.51. The van der Waals surface area contributed by atoms with Gasteiger partial charge in [-0.1, -0.05) is 37.1 Å². The number of furan rings is 1. The lowest BCUT2D eigenvalue weighted by atomic mass is 10.2. The van der Waals surface area contributed by atoms with Gasteiger partial charge in [-0.3, -0.25) is 19.1 Å². The van der Waals surface area contributed by atoms with E-state index in [1.807, 2.05) is 6.92 Å². The molecule has 3 rings (SSSR count). The second-order valence-corrected chi connectivity index (χ2v) is 6.91. The molecular weight excluding hydrogens is 396 g/mol. The number of halogens is 1. The summed E-state index contributed by atoms with van der Waals surface area (Å²) in [6.45, 7) is 2.31. The molecule has 1 amide bonds. The number of unbranched alkanes of at least 4 members (excludes halogenated alkanes) is 1. The molecule has 0 aliphatic carbocycles. The number of nitrogen functional groups attached to an aromatic ring is 1. The molecule has 0 fully saturated rings. The molecule has 9 heteroatoms. The van der Waals surface area contributed by atoms with Crippen LogP contribution in [-0.4, -0.2) is 22.5 Å². The van der Waals surface area contributed by atoms with Gasteiger partial charge in [0.05, 0.1) is 5.02 Å². The van der Waals surface area contributed by atoms with Crippen molar-refractivity contribution in [2.75, 3.05) is 17.7 Å². The van der Waals surface area contributed by atoms with Gasteiger partial charge in [0.1, 0.15) is 11.6 Å². The summed E-state index contributed by atoms with van der Waals surface area (Å²) in [4.78, 5) is 40.6. The summed E-state index contributed by atoms with van der Waals surface area (Å²) in [6, 6.07) is 10.2. The molecule has 3 N–H and O–H groups in total. The molecule has 152 valence electrons. The van der Waals surface area contributed by atoms with Gasteiger partial charge in [0.15, 0.2) is 11.4 Å². The number of amides is 1. The van der Waals surface area contributed by atoms with Crippen molar-refractivity contribution in [3.63, 3.8) is 0 Å². The number of carbonyl (C=O) groups is 1. The van der Waals surface area contributed by atoms with Gasteiger partial charge in [-0.15, -0.1) is 0 Å². The molecule has 0 unspecified atom stereocenters. The fraction of sp³-hybridized carbons (Fsp3) is 0.250. The molecule has 0 saturated carbocycles. The van der Waals surface area contributed by atoms with Crippen molar-refractivity contribution in [1.29, 1.82) is 0 Å². The number of benzene rings is 1. The first kappa shape index (κ1) is 20.5. The number of aromatic nitrogens is 2. The van der Waals surface area contributed by atoms with E-state index in [0.717, 1.165) is 11.3 Å². The lowest BCUT2D eigenvalue weighted by Crippen LogP contribution is -2.39. The zero-order valence-corrected chi connectivity index (χ0v) is 16.8. The largest absolute Gasteiger partial charge is 0.451 e. The summed E-state index contributed by atoms with van der Waals surface area (Å²) in [5.74, 6) is -0.225. The lowest BCUT2D eigenvalue weighted by Gasteiger charge is -2.19. The number of hydrogen-bond acceptors (Lipinski definition) is 5. The first-order valence-corrected chi connectivity index (χ1v) is 9.48. The van der Waals surface area contributed by atoms with Crippen LogP contribution in [0.4, 0.5) is 11.5 Å². The Kier molecular flexibility index (Phi) is 5.93. The van der Waals surface area contributed by atoms with Gasteiger partial charge < -0.3 is 15.1 Å². The van der Waals surface area contributed by atoms with E-state index in [1.54, 1.807) is 30.3 Å². The Morgan fingerprint density at radius 1 is 1.24 bits per heavy atom. The fourth-order valence-electron chi connectivity index (χ4n) is 2.97. The highest BCUT2D eigenvalue weighted by atomic mass is 35.5. The monoisotopic (exact) mass is 416 g/mol. The summed E-state index contributed by atoms with van der Waals surface area (Å²) in [6.07, 6.45) is 1.54. The molecule has 8 nitrogen and oxygen atoms in total. The normalized spacial score (nSPS) is 10.9. The number of nitrogens with two attached hydrogens (primary N) is 1. The summed E-state index contributed by atoms with van der Waals surface area (Å²) in [5.41, 5.74) is 5.24. The Hall–Kier alpha value is -3.26. The molecule has 29 heavy (non-hydrogen) atoms. The van der Waals surface area contributed by atoms with Crippen molar-refractivity contribution in [3.05, 3.63) is 68.0 Å². The predicted octanol–water partition coefficient (Wildman–Crippen LogP) is 3.11. The van der Waals surface area contributed by atoms with Crippen LogP contribution in [-0.2, 0) is 6.54 Å². The Morgan fingerprint density at radius 3 is 2.66 bits per heavy atom. The molecule has 0 saturated heterocycles. The number of anilines is 2. The summed E-state index contributed by atoms with van der Waals surface area (Å²) in [7, 11) is 1.40. The second kappa shape index (κ2) is 8.40. The van der Waals surface area contributed by atoms with E-state index >= 15 is 0 Å². The molecule has 0 aliphatic rings. The van der Waals surface area contributed by atoms with Crippen LogP contribution in [0.1, 0.15) is 30.3 Å². The van der Waals surface area contributed by atoms with E-state index in [0.29, 0.717) is 29.3 Å². The maximum absolute atomic E-state index is 12.9. The molecule has 0 aliphatic heterocycles. The smallest absolute Gasteiger partial charge is 0.330 e. The van der Waals surface area contributed by atoms with Gasteiger partial charge in [0.25, 0.3) is 11.5 Å². The van der Waals surface area contributed by atoms with Crippen LogP contribution in [0.15, 0.2) is 50.4 Å². The van der Waals surface area contributed by atoms with Crippen LogP contribution in [0, 0.1) is 0 Å². The van der Waals surface area contributed by atoms with Gasteiger partial charge in [0.2, 0.25) is 0 Å². The summed E-state index contributed by atoms with van der Waals surface area (Å²) in [5, 5.41) is 0.484. The van der Waals surface area contributed by atoms with E-state index in [1.165, 1.54) is 17.7 Å². The quantitative estimate of drug-likeness (QED) is 0.640.